The maximum atomic E-state index is 12.4. The average molecular weight is 354 g/mol. The number of hydrogen-bond acceptors (Lipinski definition) is 4. The molecule has 2 aromatic carbocycles. The highest BCUT2D eigenvalue weighted by Crippen LogP contribution is 2.35. The van der Waals surface area contributed by atoms with Crippen molar-refractivity contribution in [2.24, 2.45) is 0 Å². The van der Waals surface area contributed by atoms with Crippen LogP contribution in [0.2, 0.25) is 0 Å². The molecular weight excluding hydrogens is 328 g/mol. The largest absolute Gasteiger partial charge is 0.489 e. The Morgan fingerprint density at radius 2 is 1.96 bits per heavy atom. The van der Waals surface area contributed by atoms with E-state index in [4.69, 9.17) is 9.47 Å². The Bertz CT molecular complexity index is 705. The number of rotatable bonds is 8. The fourth-order valence-corrected chi connectivity index (χ4v) is 3.18. The predicted octanol–water partition coefficient (Wildman–Crippen LogP) is 3.00. The van der Waals surface area contributed by atoms with Gasteiger partial charge in [-0.25, -0.2) is 0 Å². The minimum Gasteiger partial charge on any atom is -0.489 e. The molecule has 0 spiro atoms. The van der Waals surface area contributed by atoms with Crippen LogP contribution in [0, 0.1) is 0 Å². The summed E-state index contributed by atoms with van der Waals surface area (Å²) >= 11 is 0. The molecule has 1 heterocycles. The van der Waals surface area contributed by atoms with E-state index in [9.17, 15) is 4.79 Å². The van der Waals surface area contributed by atoms with Gasteiger partial charge in [0.1, 0.15) is 12.4 Å². The van der Waals surface area contributed by atoms with Gasteiger partial charge in [0.25, 0.3) is 0 Å². The van der Waals surface area contributed by atoms with Crippen molar-refractivity contribution in [3.8, 4) is 5.75 Å². The minimum atomic E-state index is 0.00697. The van der Waals surface area contributed by atoms with Gasteiger partial charge in [-0.05, 0) is 24.1 Å². The lowest BCUT2D eigenvalue weighted by atomic mass is 10.1. The zero-order valence-electron chi connectivity index (χ0n) is 15.2. The summed E-state index contributed by atoms with van der Waals surface area (Å²) in [4.78, 5) is 14.6. The number of nitrogens with zero attached hydrogens (tertiary/aromatic N) is 1. The second-order valence-corrected chi connectivity index (χ2v) is 6.45. The number of carbonyl (C=O) groups is 1. The number of benzene rings is 2. The van der Waals surface area contributed by atoms with Crippen LogP contribution < -0.4 is 15.0 Å². The molecule has 0 bridgehead atoms. The van der Waals surface area contributed by atoms with Gasteiger partial charge in [-0.3, -0.25) is 4.79 Å². The standard InChI is InChI=1S/C21H26N2O3/c1-25-13-7-12-22-21(24)14-18-16-26-20-11-6-5-10-19(20)23(18)15-17-8-3-2-4-9-17/h2-6,8-11,18H,7,12-16H2,1H3,(H,22,24). The summed E-state index contributed by atoms with van der Waals surface area (Å²) in [6.07, 6.45) is 1.23. The fourth-order valence-electron chi connectivity index (χ4n) is 3.18. The van der Waals surface area contributed by atoms with E-state index in [1.807, 2.05) is 36.4 Å². The first-order valence-corrected chi connectivity index (χ1v) is 9.06. The average Bonchev–Trinajstić information content (AvgIpc) is 2.68. The zero-order valence-corrected chi connectivity index (χ0v) is 15.2. The lowest BCUT2D eigenvalue weighted by Gasteiger charge is -2.38. The molecule has 1 amide bonds. The molecule has 0 saturated heterocycles. The first kappa shape index (κ1) is 18.3. The van der Waals surface area contributed by atoms with E-state index in [-0.39, 0.29) is 11.9 Å². The van der Waals surface area contributed by atoms with Gasteiger partial charge in [0.05, 0.1) is 18.2 Å². The number of anilines is 1. The summed E-state index contributed by atoms with van der Waals surface area (Å²) in [7, 11) is 1.67. The fraction of sp³-hybridized carbons (Fsp3) is 0.381. The molecule has 0 radical (unpaired) electrons. The van der Waals surface area contributed by atoms with Gasteiger partial charge >= 0.3 is 0 Å². The number of fused-ring (bicyclic) bond motifs is 1. The van der Waals surface area contributed by atoms with Crippen molar-refractivity contribution in [3.63, 3.8) is 0 Å². The Balaban J connectivity index is 1.70. The van der Waals surface area contributed by atoms with E-state index in [2.05, 4.69) is 28.4 Å². The number of para-hydroxylation sites is 2. The maximum Gasteiger partial charge on any atom is 0.222 e. The first-order valence-electron chi connectivity index (χ1n) is 9.06. The Hall–Kier alpha value is -2.53. The van der Waals surface area contributed by atoms with Crippen molar-refractivity contribution < 1.29 is 14.3 Å². The van der Waals surface area contributed by atoms with Gasteiger partial charge in [0.15, 0.2) is 0 Å². The molecule has 0 aliphatic carbocycles. The summed E-state index contributed by atoms with van der Waals surface area (Å²) < 4.78 is 10.9. The molecule has 0 aromatic heterocycles. The highest BCUT2D eigenvalue weighted by atomic mass is 16.5. The van der Waals surface area contributed by atoms with Crippen LogP contribution in [-0.4, -0.2) is 38.8 Å². The molecule has 138 valence electrons. The van der Waals surface area contributed by atoms with Crippen LogP contribution in [0.25, 0.3) is 0 Å². The molecule has 1 aliphatic rings. The molecule has 5 nitrogen and oxygen atoms in total. The van der Waals surface area contributed by atoms with Crippen LogP contribution in [-0.2, 0) is 16.1 Å². The van der Waals surface area contributed by atoms with E-state index in [0.29, 0.717) is 26.2 Å². The van der Waals surface area contributed by atoms with Gasteiger partial charge in [-0.1, -0.05) is 42.5 Å². The smallest absolute Gasteiger partial charge is 0.222 e. The third kappa shape index (κ3) is 4.76. The predicted molar refractivity (Wildman–Crippen MR) is 102 cm³/mol. The van der Waals surface area contributed by atoms with E-state index in [0.717, 1.165) is 24.4 Å². The van der Waals surface area contributed by atoms with Crippen molar-refractivity contribution in [3.05, 3.63) is 60.2 Å². The minimum absolute atomic E-state index is 0.00697. The molecule has 0 saturated carbocycles. The molecule has 5 heteroatoms. The Morgan fingerprint density at radius 3 is 2.77 bits per heavy atom. The van der Waals surface area contributed by atoms with Crippen LogP contribution in [0.3, 0.4) is 0 Å². The van der Waals surface area contributed by atoms with Crippen molar-refractivity contribution in [1.82, 2.24) is 5.32 Å². The van der Waals surface area contributed by atoms with E-state index in [1.54, 1.807) is 7.11 Å². The summed E-state index contributed by atoms with van der Waals surface area (Å²) in [5.74, 6) is 0.923. The number of ether oxygens (including phenoxy) is 2. The monoisotopic (exact) mass is 354 g/mol. The van der Waals surface area contributed by atoms with Crippen LogP contribution in [0.4, 0.5) is 5.69 Å². The summed E-state index contributed by atoms with van der Waals surface area (Å²) in [6, 6.07) is 18.3. The highest BCUT2D eigenvalue weighted by Gasteiger charge is 2.29. The Morgan fingerprint density at radius 1 is 1.19 bits per heavy atom. The molecule has 1 aliphatic heterocycles. The molecule has 3 rings (SSSR count). The molecule has 26 heavy (non-hydrogen) atoms. The molecular formula is C21H26N2O3. The van der Waals surface area contributed by atoms with Crippen molar-refractivity contribution in [2.75, 3.05) is 31.8 Å². The second kappa shape index (κ2) is 9.25. The highest BCUT2D eigenvalue weighted by molar-refractivity contribution is 5.77. The number of methoxy groups -OCH3 is 1. The van der Waals surface area contributed by atoms with E-state index < -0.39 is 0 Å². The van der Waals surface area contributed by atoms with Crippen molar-refractivity contribution in [2.45, 2.75) is 25.4 Å². The van der Waals surface area contributed by atoms with Gasteiger partial charge in [-0.15, -0.1) is 0 Å². The molecule has 2 aromatic rings. The summed E-state index contributed by atoms with van der Waals surface area (Å²) in [6.45, 7) is 2.55. The molecule has 1 N–H and O–H groups in total. The Kier molecular flexibility index (Phi) is 6.50. The molecule has 1 atom stereocenters. The lowest BCUT2D eigenvalue weighted by Crippen LogP contribution is -2.45. The maximum absolute atomic E-state index is 12.4. The van der Waals surface area contributed by atoms with Crippen molar-refractivity contribution >= 4 is 11.6 Å². The summed E-state index contributed by atoms with van der Waals surface area (Å²) in [5.41, 5.74) is 2.26. The number of hydrogen-bond donors (Lipinski definition) is 1. The number of nitrogens with one attached hydrogen (secondary N) is 1. The van der Waals surface area contributed by atoms with Crippen molar-refractivity contribution in [1.29, 1.82) is 0 Å². The third-order valence-corrected chi connectivity index (χ3v) is 4.51. The van der Waals surface area contributed by atoms with Gasteiger partial charge in [0.2, 0.25) is 5.91 Å². The van der Waals surface area contributed by atoms with Crippen LogP contribution in [0.5, 0.6) is 5.75 Å². The van der Waals surface area contributed by atoms with Gasteiger partial charge in [0, 0.05) is 26.8 Å². The van der Waals surface area contributed by atoms with Gasteiger partial charge < -0.3 is 19.7 Å². The van der Waals surface area contributed by atoms with Crippen LogP contribution in [0.1, 0.15) is 18.4 Å². The zero-order chi connectivity index (χ0) is 18.2. The first-order chi connectivity index (χ1) is 12.8. The molecule has 0 fully saturated rings. The Labute approximate surface area is 154 Å². The molecule has 1 unspecified atom stereocenters. The number of amides is 1. The van der Waals surface area contributed by atoms with E-state index in [1.165, 1.54) is 5.56 Å². The van der Waals surface area contributed by atoms with Crippen LogP contribution in [0.15, 0.2) is 54.6 Å². The summed E-state index contributed by atoms with van der Waals surface area (Å²) in [5, 5.41) is 2.97. The van der Waals surface area contributed by atoms with Crippen LogP contribution >= 0.6 is 0 Å². The normalized spacial score (nSPS) is 15.9. The quantitative estimate of drug-likeness (QED) is 0.741. The lowest BCUT2D eigenvalue weighted by molar-refractivity contribution is -0.121. The third-order valence-electron chi connectivity index (χ3n) is 4.51. The topological polar surface area (TPSA) is 50.8 Å². The van der Waals surface area contributed by atoms with Gasteiger partial charge in [-0.2, -0.15) is 0 Å². The number of carbonyl (C=O) groups excluding carboxylic acids is 1. The SMILES string of the molecule is COCCCNC(=O)CC1COc2ccccc2N1Cc1ccccc1. The second-order valence-electron chi connectivity index (χ2n) is 6.45. The van der Waals surface area contributed by atoms with E-state index >= 15 is 0 Å².